The van der Waals surface area contributed by atoms with Crippen LogP contribution < -0.4 is 0 Å². The Labute approximate surface area is 115 Å². The van der Waals surface area contributed by atoms with Gasteiger partial charge in [0.15, 0.2) is 0 Å². The first-order chi connectivity index (χ1) is 8.56. The van der Waals surface area contributed by atoms with E-state index in [9.17, 15) is 4.79 Å². The highest BCUT2D eigenvalue weighted by molar-refractivity contribution is 9.10. The maximum absolute atomic E-state index is 10.6. The van der Waals surface area contributed by atoms with E-state index in [4.69, 9.17) is 5.11 Å². The number of halogens is 1. The van der Waals surface area contributed by atoms with Crippen molar-refractivity contribution < 1.29 is 9.90 Å². The fraction of sp³-hybridized carbons (Fsp3) is 0.222. The molecule has 0 spiro atoms. The molecule has 0 aliphatic carbocycles. The second-order valence-corrected chi connectivity index (χ2v) is 5.23. The summed E-state index contributed by atoms with van der Waals surface area (Å²) in [5.41, 5.74) is 1.03. The molecule has 7 nitrogen and oxygen atoms in total. The van der Waals surface area contributed by atoms with Gasteiger partial charge in [0.2, 0.25) is 5.16 Å². The Kier molecular flexibility index (Phi) is 3.92. The molecule has 9 heteroatoms. The van der Waals surface area contributed by atoms with Gasteiger partial charge in [0, 0.05) is 10.7 Å². The largest absolute Gasteiger partial charge is 0.480 e. The molecule has 0 unspecified atom stereocenters. The van der Waals surface area contributed by atoms with Crippen molar-refractivity contribution in [3.63, 3.8) is 0 Å². The van der Waals surface area contributed by atoms with Crippen LogP contribution in [0.25, 0.3) is 0 Å². The molecule has 0 aliphatic rings. The molecule has 1 N–H and O–H groups in total. The summed E-state index contributed by atoms with van der Waals surface area (Å²) in [5, 5.41) is 20.6. The lowest BCUT2D eigenvalue weighted by Gasteiger charge is -2.02. The average Bonchev–Trinajstić information content (AvgIpc) is 2.70. The molecule has 18 heavy (non-hydrogen) atoms. The lowest BCUT2D eigenvalue weighted by Crippen LogP contribution is -2.11. The van der Waals surface area contributed by atoms with E-state index >= 15 is 0 Å². The van der Waals surface area contributed by atoms with Gasteiger partial charge in [0.05, 0.1) is 0 Å². The van der Waals surface area contributed by atoms with Crippen LogP contribution >= 0.6 is 27.7 Å². The van der Waals surface area contributed by atoms with E-state index < -0.39 is 5.97 Å². The first kappa shape index (κ1) is 13.0. The Morgan fingerprint density at radius 3 is 3.06 bits per heavy atom. The monoisotopic (exact) mass is 329 g/mol. The average molecular weight is 330 g/mol. The Bertz CT molecular complexity index is 588. The van der Waals surface area contributed by atoms with Crippen molar-refractivity contribution >= 4 is 33.7 Å². The zero-order valence-corrected chi connectivity index (χ0v) is 11.6. The van der Waals surface area contributed by atoms with Gasteiger partial charge in [0.1, 0.15) is 11.6 Å². The van der Waals surface area contributed by atoms with Gasteiger partial charge in [-0.25, -0.2) is 9.67 Å². The van der Waals surface area contributed by atoms with E-state index in [1.54, 1.807) is 6.20 Å². The SMILES string of the molecule is Cc1cc(Sc2nnnn2CC(=O)O)ncc1Br. The molecular formula is C9H8BrN5O2S. The second-order valence-electron chi connectivity index (χ2n) is 3.39. The number of aromatic nitrogens is 5. The summed E-state index contributed by atoms with van der Waals surface area (Å²) in [7, 11) is 0. The van der Waals surface area contributed by atoms with Gasteiger partial charge in [-0.15, -0.1) is 5.10 Å². The lowest BCUT2D eigenvalue weighted by atomic mass is 10.3. The number of carbonyl (C=O) groups is 1. The zero-order chi connectivity index (χ0) is 13.1. The predicted molar refractivity (Wildman–Crippen MR) is 66.2 cm³/mol. The maximum Gasteiger partial charge on any atom is 0.325 e. The summed E-state index contributed by atoms with van der Waals surface area (Å²) in [4.78, 5) is 14.8. The highest BCUT2D eigenvalue weighted by Gasteiger charge is 2.12. The number of pyridine rings is 1. The van der Waals surface area contributed by atoms with Crippen LogP contribution in [0.4, 0.5) is 0 Å². The van der Waals surface area contributed by atoms with E-state index in [2.05, 4.69) is 36.4 Å². The molecule has 2 rings (SSSR count). The summed E-state index contributed by atoms with van der Waals surface area (Å²) < 4.78 is 2.13. The maximum atomic E-state index is 10.6. The summed E-state index contributed by atoms with van der Waals surface area (Å²) in [6.07, 6.45) is 1.68. The number of hydrogen-bond acceptors (Lipinski definition) is 6. The fourth-order valence-electron chi connectivity index (χ4n) is 1.16. The van der Waals surface area contributed by atoms with Gasteiger partial charge < -0.3 is 5.11 Å². The van der Waals surface area contributed by atoms with E-state index in [-0.39, 0.29) is 6.54 Å². The Balaban J connectivity index is 2.20. The van der Waals surface area contributed by atoms with Crippen LogP contribution in [-0.4, -0.2) is 36.3 Å². The lowest BCUT2D eigenvalue weighted by molar-refractivity contribution is -0.138. The fourth-order valence-corrected chi connectivity index (χ4v) is 2.19. The van der Waals surface area contributed by atoms with Crippen LogP contribution in [0.5, 0.6) is 0 Å². The number of carboxylic acids is 1. The molecule has 2 aromatic rings. The van der Waals surface area contributed by atoms with Crippen LogP contribution in [0, 0.1) is 6.92 Å². The molecule has 0 aliphatic heterocycles. The summed E-state index contributed by atoms with van der Waals surface area (Å²) in [5.74, 6) is -0.996. The van der Waals surface area contributed by atoms with E-state index in [0.717, 1.165) is 10.0 Å². The minimum Gasteiger partial charge on any atom is -0.480 e. The van der Waals surface area contributed by atoms with Crippen molar-refractivity contribution in [2.45, 2.75) is 23.7 Å². The van der Waals surface area contributed by atoms with Gasteiger partial charge in [-0.05, 0) is 56.7 Å². The number of nitrogens with zero attached hydrogens (tertiary/aromatic N) is 5. The predicted octanol–water partition coefficient (Wildman–Crippen LogP) is 1.37. The van der Waals surface area contributed by atoms with Crippen LogP contribution in [0.15, 0.2) is 26.9 Å². The van der Waals surface area contributed by atoms with Gasteiger partial charge in [0.25, 0.3) is 0 Å². The van der Waals surface area contributed by atoms with Crippen molar-refractivity contribution in [2.75, 3.05) is 0 Å². The highest BCUT2D eigenvalue weighted by atomic mass is 79.9. The van der Waals surface area contributed by atoms with Crippen LogP contribution in [0.2, 0.25) is 0 Å². The van der Waals surface area contributed by atoms with Crippen molar-refractivity contribution in [1.29, 1.82) is 0 Å². The Morgan fingerprint density at radius 2 is 2.39 bits per heavy atom. The third-order valence-corrected chi connectivity index (χ3v) is 3.74. The topological polar surface area (TPSA) is 93.8 Å². The third kappa shape index (κ3) is 3.05. The van der Waals surface area contributed by atoms with E-state index in [1.165, 1.54) is 16.4 Å². The van der Waals surface area contributed by atoms with Crippen molar-refractivity contribution in [1.82, 2.24) is 25.2 Å². The van der Waals surface area contributed by atoms with Gasteiger partial charge >= 0.3 is 5.97 Å². The number of aryl methyl sites for hydroxylation is 1. The molecule has 0 radical (unpaired) electrons. The second kappa shape index (κ2) is 5.44. The van der Waals surface area contributed by atoms with Gasteiger partial charge in [-0.1, -0.05) is 0 Å². The first-order valence-corrected chi connectivity index (χ1v) is 6.45. The van der Waals surface area contributed by atoms with Crippen LogP contribution in [0.3, 0.4) is 0 Å². The minimum absolute atomic E-state index is 0.273. The van der Waals surface area contributed by atoms with Crippen molar-refractivity contribution in [3.8, 4) is 0 Å². The molecule has 0 amide bonds. The smallest absolute Gasteiger partial charge is 0.325 e. The molecule has 0 aromatic carbocycles. The molecule has 2 heterocycles. The third-order valence-electron chi connectivity index (χ3n) is 2.00. The molecule has 0 fully saturated rings. The number of carboxylic acid groups (broad SMARTS) is 1. The number of tetrazole rings is 1. The number of rotatable bonds is 4. The Hall–Kier alpha value is -1.48. The molecule has 0 saturated carbocycles. The number of aliphatic carboxylic acids is 1. The summed E-state index contributed by atoms with van der Waals surface area (Å²) in [6, 6.07) is 1.87. The van der Waals surface area contributed by atoms with Gasteiger partial charge in [-0.3, -0.25) is 4.79 Å². The summed E-state index contributed by atoms with van der Waals surface area (Å²) >= 11 is 4.58. The standard InChI is InChI=1S/C9H8BrN5O2S/c1-5-2-7(11-3-6(5)10)18-9-12-13-14-15(9)4-8(16)17/h2-3H,4H2,1H3,(H,16,17). The molecule has 94 valence electrons. The van der Waals surface area contributed by atoms with Crippen molar-refractivity contribution in [2.24, 2.45) is 0 Å². The minimum atomic E-state index is -0.996. The van der Waals surface area contributed by atoms with E-state index in [0.29, 0.717) is 10.2 Å². The number of hydrogen-bond donors (Lipinski definition) is 1. The molecular weight excluding hydrogens is 322 g/mol. The molecule has 0 bridgehead atoms. The highest BCUT2D eigenvalue weighted by Crippen LogP contribution is 2.26. The molecule has 2 aromatic heterocycles. The normalized spacial score (nSPS) is 10.6. The Morgan fingerprint density at radius 1 is 1.61 bits per heavy atom. The zero-order valence-electron chi connectivity index (χ0n) is 9.24. The first-order valence-electron chi connectivity index (χ1n) is 4.84. The van der Waals surface area contributed by atoms with Crippen LogP contribution in [-0.2, 0) is 11.3 Å². The van der Waals surface area contributed by atoms with E-state index in [1.807, 2.05) is 13.0 Å². The molecule has 0 atom stereocenters. The van der Waals surface area contributed by atoms with Crippen LogP contribution in [0.1, 0.15) is 5.56 Å². The molecule has 0 saturated heterocycles. The quantitative estimate of drug-likeness (QED) is 0.905. The van der Waals surface area contributed by atoms with Crippen molar-refractivity contribution in [3.05, 3.63) is 22.3 Å². The van der Waals surface area contributed by atoms with Gasteiger partial charge in [-0.2, -0.15) is 0 Å². The summed E-state index contributed by atoms with van der Waals surface area (Å²) in [6.45, 7) is 1.67.